The Morgan fingerprint density at radius 3 is 2.05 bits per heavy atom. The fourth-order valence-corrected chi connectivity index (χ4v) is 4.50. The Kier molecular flexibility index (Phi) is 10.2. The van der Waals surface area contributed by atoms with Crippen LogP contribution < -0.4 is 4.90 Å². The Morgan fingerprint density at radius 1 is 0.800 bits per heavy atom. The molecular weight excluding hydrogens is 524 g/mol. The number of amides is 1. The van der Waals surface area contributed by atoms with Gasteiger partial charge in [-0.2, -0.15) is 0 Å². The molecule has 0 aliphatic rings. The van der Waals surface area contributed by atoms with Crippen molar-refractivity contribution in [3.8, 4) is 0 Å². The van der Waals surface area contributed by atoms with Crippen LogP contribution in [0.15, 0.2) is 91.1 Å². The van der Waals surface area contributed by atoms with Crippen LogP contribution in [0, 0.1) is 0 Å². The first-order valence-corrected chi connectivity index (χ1v) is 13.7. The monoisotopic (exact) mass is 556 g/mol. The van der Waals surface area contributed by atoms with Crippen molar-refractivity contribution in [2.24, 2.45) is 0 Å². The summed E-state index contributed by atoms with van der Waals surface area (Å²) in [7, 11) is 1.94. The Hall–Kier alpha value is -4.23. The van der Waals surface area contributed by atoms with E-state index in [9.17, 15) is 14.7 Å². The van der Waals surface area contributed by atoms with Gasteiger partial charge < -0.3 is 14.9 Å². The van der Waals surface area contributed by atoms with Crippen LogP contribution in [0.4, 0.5) is 5.95 Å². The standard InChI is InChI=1S/C32H33ClN4O3/c1-36(20-18-25-10-6-3-7-11-25)32-34-22-28(29(35-32)17-14-24-8-4-2-5-9-24)31(40)37(21-19-30(38)39)23-26-12-15-27(33)16-13-26/h2-13,15-16,22H,14,17-21,23H2,1H3,(H,38,39). The lowest BCUT2D eigenvalue weighted by Crippen LogP contribution is -2.34. The van der Waals surface area contributed by atoms with E-state index in [4.69, 9.17) is 16.6 Å². The molecule has 0 fully saturated rings. The number of nitrogens with zero attached hydrogens (tertiary/aromatic N) is 4. The molecule has 7 nitrogen and oxygen atoms in total. The summed E-state index contributed by atoms with van der Waals surface area (Å²) in [6, 6.07) is 27.5. The summed E-state index contributed by atoms with van der Waals surface area (Å²) < 4.78 is 0. The molecule has 0 spiro atoms. The van der Waals surface area contributed by atoms with Crippen LogP contribution in [0.2, 0.25) is 5.02 Å². The number of carboxylic acid groups (broad SMARTS) is 1. The minimum Gasteiger partial charge on any atom is -0.481 e. The van der Waals surface area contributed by atoms with E-state index in [2.05, 4.69) is 29.2 Å². The van der Waals surface area contributed by atoms with E-state index >= 15 is 0 Å². The number of aryl methyl sites for hydroxylation is 2. The maximum atomic E-state index is 13.9. The van der Waals surface area contributed by atoms with Gasteiger partial charge >= 0.3 is 5.97 Å². The van der Waals surface area contributed by atoms with Crippen LogP contribution in [0.25, 0.3) is 0 Å². The smallest absolute Gasteiger partial charge is 0.305 e. The summed E-state index contributed by atoms with van der Waals surface area (Å²) >= 11 is 6.03. The SMILES string of the molecule is CN(CCc1ccccc1)c1ncc(C(=O)N(CCC(=O)O)Cc2ccc(Cl)cc2)c(CCc2ccccc2)n1. The molecule has 1 aromatic heterocycles. The lowest BCUT2D eigenvalue weighted by atomic mass is 10.0. The van der Waals surface area contributed by atoms with Gasteiger partial charge in [-0.3, -0.25) is 9.59 Å². The molecule has 0 unspecified atom stereocenters. The molecule has 8 heteroatoms. The van der Waals surface area contributed by atoms with Crippen LogP contribution in [-0.2, 0) is 30.6 Å². The van der Waals surface area contributed by atoms with E-state index < -0.39 is 5.97 Å². The molecule has 0 aliphatic heterocycles. The van der Waals surface area contributed by atoms with Crippen LogP contribution in [0.3, 0.4) is 0 Å². The molecule has 0 bridgehead atoms. The van der Waals surface area contributed by atoms with Gasteiger partial charge in [-0.25, -0.2) is 9.97 Å². The lowest BCUT2D eigenvalue weighted by molar-refractivity contribution is -0.137. The first kappa shape index (κ1) is 28.8. The van der Waals surface area contributed by atoms with Gasteiger partial charge in [-0.15, -0.1) is 0 Å². The predicted octanol–water partition coefficient (Wildman–Crippen LogP) is 5.71. The second-order valence-corrected chi connectivity index (χ2v) is 10.1. The molecule has 0 aliphatic carbocycles. The lowest BCUT2D eigenvalue weighted by Gasteiger charge is -2.24. The van der Waals surface area contributed by atoms with Gasteiger partial charge in [-0.1, -0.05) is 84.4 Å². The summed E-state index contributed by atoms with van der Waals surface area (Å²) in [6.45, 7) is 1.03. The summed E-state index contributed by atoms with van der Waals surface area (Å²) in [5.74, 6) is -0.715. The average Bonchev–Trinajstić information content (AvgIpc) is 2.98. The number of hydrogen-bond acceptors (Lipinski definition) is 5. The summed E-state index contributed by atoms with van der Waals surface area (Å²) in [4.78, 5) is 38.2. The third-order valence-electron chi connectivity index (χ3n) is 6.67. The van der Waals surface area contributed by atoms with Crippen molar-refractivity contribution < 1.29 is 14.7 Å². The van der Waals surface area contributed by atoms with Gasteiger partial charge in [-0.05, 0) is 48.1 Å². The molecule has 0 radical (unpaired) electrons. The molecule has 0 saturated heterocycles. The minimum atomic E-state index is -0.968. The number of rotatable bonds is 13. The number of aliphatic carboxylic acids is 1. The minimum absolute atomic E-state index is 0.0631. The summed E-state index contributed by atoms with van der Waals surface area (Å²) in [6.07, 6.45) is 3.50. The molecule has 0 saturated carbocycles. The highest BCUT2D eigenvalue weighted by molar-refractivity contribution is 6.30. The van der Waals surface area contributed by atoms with Gasteiger partial charge in [0.1, 0.15) is 0 Å². The van der Waals surface area contributed by atoms with Gasteiger partial charge in [0.05, 0.1) is 17.7 Å². The second-order valence-electron chi connectivity index (χ2n) is 9.67. The molecule has 206 valence electrons. The molecular formula is C32H33ClN4O3. The highest BCUT2D eigenvalue weighted by Gasteiger charge is 2.23. The number of likely N-dealkylation sites (N-methyl/N-ethyl adjacent to an activating group) is 1. The topological polar surface area (TPSA) is 86.6 Å². The highest BCUT2D eigenvalue weighted by Crippen LogP contribution is 2.19. The number of anilines is 1. The number of aromatic nitrogens is 2. The van der Waals surface area contributed by atoms with Crippen molar-refractivity contribution in [2.75, 3.05) is 25.0 Å². The quantitative estimate of drug-likeness (QED) is 0.227. The fourth-order valence-electron chi connectivity index (χ4n) is 4.37. The van der Waals surface area contributed by atoms with Gasteiger partial charge in [0.15, 0.2) is 0 Å². The predicted molar refractivity (Wildman–Crippen MR) is 158 cm³/mol. The number of carbonyl (C=O) groups is 2. The van der Waals surface area contributed by atoms with Crippen molar-refractivity contribution in [1.82, 2.24) is 14.9 Å². The molecule has 4 rings (SSSR count). The van der Waals surface area contributed by atoms with E-state index in [1.807, 2.05) is 60.5 Å². The van der Waals surface area contributed by atoms with E-state index in [0.29, 0.717) is 35.1 Å². The first-order chi connectivity index (χ1) is 19.4. The third-order valence-corrected chi connectivity index (χ3v) is 6.92. The van der Waals surface area contributed by atoms with Crippen LogP contribution in [0.1, 0.15) is 39.2 Å². The van der Waals surface area contributed by atoms with E-state index in [-0.39, 0.29) is 25.4 Å². The van der Waals surface area contributed by atoms with Gasteiger partial charge in [0.2, 0.25) is 5.95 Å². The molecule has 1 amide bonds. The Bertz CT molecular complexity index is 1400. The fraction of sp³-hybridized carbons (Fsp3) is 0.250. The number of carbonyl (C=O) groups excluding carboxylic acids is 1. The van der Waals surface area contributed by atoms with Crippen LogP contribution >= 0.6 is 11.6 Å². The Labute approximate surface area is 240 Å². The van der Waals surface area contributed by atoms with Crippen LogP contribution in [-0.4, -0.2) is 52.0 Å². The maximum Gasteiger partial charge on any atom is 0.305 e. The average molecular weight is 557 g/mol. The largest absolute Gasteiger partial charge is 0.481 e. The normalized spacial score (nSPS) is 10.8. The zero-order chi connectivity index (χ0) is 28.3. The molecule has 4 aromatic rings. The second kappa shape index (κ2) is 14.2. The number of halogens is 1. The number of carboxylic acids is 1. The Balaban J connectivity index is 1.60. The van der Waals surface area contributed by atoms with Crippen molar-refractivity contribution in [3.63, 3.8) is 0 Å². The summed E-state index contributed by atoms with van der Waals surface area (Å²) in [5, 5.41) is 9.92. The molecule has 3 aromatic carbocycles. The number of benzene rings is 3. The van der Waals surface area contributed by atoms with E-state index in [0.717, 1.165) is 24.1 Å². The summed E-state index contributed by atoms with van der Waals surface area (Å²) in [5.41, 5.74) is 4.24. The van der Waals surface area contributed by atoms with E-state index in [1.165, 1.54) is 5.56 Å². The third kappa shape index (κ3) is 8.38. The van der Waals surface area contributed by atoms with Crippen molar-refractivity contribution in [3.05, 3.63) is 124 Å². The zero-order valence-electron chi connectivity index (χ0n) is 22.5. The van der Waals surface area contributed by atoms with Gasteiger partial charge in [0.25, 0.3) is 5.91 Å². The first-order valence-electron chi connectivity index (χ1n) is 13.3. The maximum absolute atomic E-state index is 13.9. The highest BCUT2D eigenvalue weighted by atomic mass is 35.5. The van der Waals surface area contributed by atoms with Crippen LogP contribution in [0.5, 0.6) is 0 Å². The van der Waals surface area contributed by atoms with Gasteiger partial charge in [0, 0.05) is 37.9 Å². The van der Waals surface area contributed by atoms with E-state index in [1.54, 1.807) is 23.2 Å². The zero-order valence-corrected chi connectivity index (χ0v) is 23.3. The van der Waals surface area contributed by atoms with Crippen molar-refractivity contribution in [1.29, 1.82) is 0 Å². The molecule has 40 heavy (non-hydrogen) atoms. The Morgan fingerprint density at radius 2 is 1.43 bits per heavy atom. The van der Waals surface area contributed by atoms with Crippen molar-refractivity contribution in [2.45, 2.75) is 32.2 Å². The number of hydrogen-bond donors (Lipinski definition) is 1. The molecule has 0 atom stereocenters. The molecule has 1 N–H and O–H groups in total. The molecule has 1 heterocycles. The van der Waals surface area contributed by atoms with Crippen molar-refractivity contribution >= 4 is 29.4 Å².